The summed E-state index contributed by atoms with van der Waals surface area (Å²) in [6, 6.07) is 13.5. The third-order valence-electron chi connectivity index (χ3n) is 3.11. The molecule has 0 aliphatic rings. The number of nitrogens with zero attached hydrogens (tertiary/aromatic N) is 2. The minimum Gasteiger partial charge on any atom is -0.409 e. The smallest absolute Gasteiger partial charge is 0.409 e. The van der Waals surface area contributed by atoms with E-state index in [1.807, 2.05) is 43.3 Å². The molecular formula is C15H13N3O2. The number of aryl methyl sites for hydroxylation is 1. The fourth-order valence-electron chi connectivity index (χ4n) is 2.20. The first-order valence-corrected chi connectivity index (χ1v) is 6.17. The van der Waals surface area contributed by atoms with Gasteiger partial charge in [-0.25, -0.2) is 9.31 Å². The monoisotopic (exact) mass is 267 g/mol. The van der Waals surface area contributed by atoms with Crippen LogP contribution in [0.2, 0.25) is 0 Å². The normalized spacial score (nSPS) is 10.7. The van der Waals surface area contributed by atoms with E-state index in [1.54, 1.807) is 16.8 Å². The number of primary amides is 1. The first-order valence-electron chi connectivity index (χ1n) is 6.17. The molecule has 5 nitrogen and oxygen atoms in total. The number of ether oxygens (including phenoxy) is 1. The van der Waals surface area contributed by atoms with Gasteiger partial charge in [0.25, 0.3) is 0 Å². The van der Waals surface area contributed by atoms with E-state index < -0.39 is 6.09 Å². The van der Waals surface area contributed by atoms with Crippen LogP contribution >= 0.6 is 0 Å². The molecule has 0 aliphatic heterocycles. The molecule has 20 heavy (non-hydrogen) atoms. The number of fused-ring (bicyclic) bond motifs is 1. The van der Waals surface area contributed by atoms with Crippen molar-refractivity contribution in [3.63, 3.8) is 0 Å². The summed E-state index contributed by atoms with van der Waals surface area (Å²) in [6.07, 6.45) is 0.802. The first-order chi connectivity index (χ1) is 9.65. The van der Waals surface area contributed by atoms with Crippen LogP contribution in [-0.2, 0) is 0 Å². The fraction of sp³-hybridized carbons (Fsp3) is 0.0667. The van der Waals surface area contributed by atoms with Gasteiger partial charge >= 0.3 is 6.09 Å². The van der Waals surface area contributed by atoms with Gasteiger partial charge in [-0.15, -0.1) is 0 Å². The van der Waals surface area contributed by atoms with Crippen LogP contribution in [0.15, 0.2) is 48.7 Å². The maximum atomic E-state index is 10.8. The second-order valence-corrected chi connectivity index (χ2v) is 4.46. The molecule has 0 atom stereocenters. The molecule has 3 rings (SSSR count). The topological polar surface area (TPSA) is 69.6 Å². The Balaban J connectivity index is 2.12. The zero-order valence-electron chi connectivity index (χ0n) is 10.9. The van der Waals surface area contributed by atoms with Gasteiger partial charge in [0, 0.05) is 11.1 Å². The molecule has 0 unspecified atom stereocenters. The van der Waals surface area contributed by atoms with Gasteiger partial charge in [0.2, 0.25) is 0 Å². The lowest BCUT2D eigenvalue weighted by atomic mass is 10.1. The predicted octanol–water partition coefficient (Wildman–Crippen LogP) is 2.77. The average molecular weight is 267 g/mol. The molecule has 0 saturated heterocycles. The van der Waals surface area contributed by atoms with E-state index in [-0.39, 0.29) is 0 Å². The molecular weight excluding hydrogens is 254 g/mol. The molecule has 3 aromatic rings. The van der Waals surface area contributed by atoms with Gasteiger partial charge in [0.1, 0.15) is 0 Å². The van der Waals surface area contributed by atoms with Crippen LogP contribution in [0.3, 0.4) is 0 Å². The number of carbonyl (C=O) groups is 1. The summed E-state index contributed by atoms with van der Waals surface area (Å²) >= 11 is 0. The number of hydrogen-bond donors (Lipinski definition) is 1. The highest BCUT2D eigenvalue weighted by molar-refractivity contribution is 5.73. The molecule has 0 fully saturated rings. The second kappa shape index (κ2) is 4.70. The Bertz CT molecular complexity index is 778. The highest BCUT2D eigenvalue weighted by atomic mass is 16.5. The van der Waals surface area contributed by atoms with E-state index >= 15 is 0 Å². The molecule has 1 aromatic carbocycles. The fourth-order valence-corrected chi connectivity index (χ4v) is 2.20. The van der Waals surface area contributed by atoms with E-state index in [0.29, 0.717) is 5.75 Å². The Hall–Kier alpha value is -2.82. The minimum atomic E-state index is -0.837. The van der Waals surface area contributed by atoms with Gasteiger partial charge < -0.3 is 10.5 Å². The minimum absolute atomic E-state index is 0.368. The van der Waals surface area contributed by atoms with Gasteiger partial charge in [0.05, 0.1) is 17.4 Å². The molecule has 1 amide bonds. The summed E-state index contributed by atoms with van der Waals surface area (Å²) in [4.78, 5) is 10.8. The number of aromatic nitrogens is 2. The summed E-state index contributed by atoms with van der Waals surface area (Å²) < 4.78 is 6.55. The molecule has 2 N–H and O–H groups in total. The van der Waals surface area contributed by atoms with Crippen molar-refractivity contribution in [1.82, 2.24) is 9.61 Å². The number of rotatable bonds is 2. The van der Waals surface area contributed by atoms with E-state index in [1.165, 1.54) is 0 Å². The SMILES string of the molecule is Cc1c(-c2ccccc2)nn2cc(OC(N)=O)ccc12. The van der Waals surface area contributed by atoms with Crippen molar-refractivity contribution < 1.29 is 9.53 Å². The van der Waals surface area contributed by atoms with Crippen molar-refractivity contribution in [2.45, 2.75) is 6.92 Å². The van der Waals surface area contributed by atoms with E-state index in [4.69, 9.17) is 10.5 Å². The van der Waals surface area contributed by atoms with Crippen molar-refractivity contribution >= 4 is 11.6 Å². The van der Waals surface area contributed by atoms with Gasteiger partial charge in [-0.05, 0) is 19.1 Å². The molecule has 100 valence electrons. The van der Waals surface area contributed by atoms with Crippen LogP contribution in [0.5, 0.6) is 5.75 Å². The summed E-state index contributed by atoms with van der Waals surface area (Å²) in [7, 11) is 0. The predicted molar refractivity (Wildman–Crippen MR) is 75.6 cm³/mol. The van der Waals surface area contributed by atoms with E-state index in [0.717, 1.165) is 22.3 Å². The Labute approximate surface area is 115 Å². The summed E-state index contributed by atoms with van der Waals surface area (Å²) in [5.74, 6) is 0.368. The van der Waals surface area contributed by atoms with Crippen LogP contribution in [0.4, 0.5) is 4.79 Å². The van der Waals surface area contributed by atoms with Crippen LogP contribution in [0.1, 0.15) is 5.56 Å². The highest BCUT2D eigenvalue weighted by Crippen LogP contribution is 2.26. The van der Waals surface area contributed by atoms with Crippen LogP contribution in [-0.4, -0.2) is 15.7 Å². The first kappa shape index (κ1) is 12.2. The quantitative estimate of drug-likeness (QED) is 0.776. The molecule has 0 radical (unpaired) electrons. The summed E-state index contributed by atoms with van der Waals surface area (Å²) in [5.41, 5.74) is 8.99. The van der Waals surface area contributed by atoms with E-state index in [9.17, 15) is 4.79 Å². The lowest BCUT2D eigenvalue weighted by Crippen LogP contribution is -2.16. The zero-order chi connectivity index (χ0) is 14.1. The van der Waals surface area contributed by atoms with Gasteiger partial charge in [0.15, 0.2) is 5.75 Å². The standard InChI is InChI=1S/C15H13N3O2/c1-10-13-8-7-12(20-15(16)19)9-18(13)17-14(10)11-5-3-2-4-6-11/h2-9H,1H3,(H2,16,19). The molecule has 0 aliphatic carbocycles. The number of benzene rings is 1. The molecule has 2 heterocycles. The molecule has 0 bridgehead atoms. The summed E-state index contributed by atoms with van der Waals surface area (Å²) in [6.45, 7) is 2.01. The highest BCUT2D eigenvalue weighted by Gasteiger charge is 2.11. The van der Waals surface area contributed by atoms with Gasteiger partial charge in [-0.2, -0.15) is 5.10 Å². The third-order valence-corrected chi connectivity index (χ3v) is 3.11. The third kappa shape index (κ3) is 2.09. The zero-order valence-corrected chi connectivity index (χ0v) is 10.9. The lowest BCUT2D eigenvalue weighted by Gasteiger charge is -2.00. The Morgan fingerprint density at radius 1 is 1.20 bits per heavy atom. The van der Waals surface area contributed by atoms with Crippen molar-refractivity contribution in [3.8, 4) is 17.0 Å². The number of pyridine rings is 1. The van der Waals surface area contributed by atoms with Gasteiger partial charge in [-0.1, -0.05) is 30.3 Å². The number of nitrogens with two attached hydrogens (primary N) is 1. The largest absolute Gasteiger partial charge is 0.410 e. The van der Waals surface area contributed by atoms with Crippen LogP contribution in [0.25, 0.3) is 16.8 Å². The maximum Gasteiger partial charge on any atom is 0.410 e. The number of carbonyl (C=O) groups excluding carboxylic acids is 1. The van der Waals surface area contributed by atoms with Crippen molar-refractivity contribution in [1.29, 1.82) is 0 Å². The number of hydrogen-bond acceptors (Lipinski definition) is 3. The van der Waals surface area contributed by atoms with Crippen molar-refractivity contribution in [3.05, 3.63) is 54.2 Å². The van der Waals surface area contributed by atoms with E-state index in [2.05, 4.69) is 5.10 Å². The molecule has 2 aromatic heterocycles. The van der Waals surface area contributed by atoms with Crippen molar-refractivity contribution in [2.75, 3.05) is 0 Å². The molecule has 0 saturated carbocycles. The average Bonchev–Trinajstić information content (AvgIpc) is 2.76. The van der Waals surface area contributed by atoms with Crippen LogP contribution in [0, 0.1) is 6.92 Å². The Kier molecular flexibility index (Phi) is 2.87. The maximum absolute atomic E-state index is 10.8. The van der Waals surface area contributed by atoms with Gasteiger partial charge in [-0.3, -0.25) is 0 Å². The lowest BCUT2D eigenvalue weighted by molar-refractivity contribution is 0.210. The molecule has 5 heteroatoms. The Morgan fingerprint density at radius 2 is 1.95 bits per heavy atom. The molecule has 0 spiro atoms. The number of amides is 1. The summed E-state index contributed by atoms with van der Waals surface area (Å²) in [5, 5.41) is 4.53. The van der Waals surface area contributed by atoms with Crippen LogP contribution < -0.4 is 10.5 Å². The Morgan fingerprint density at radius 3 is 2.65 bits per heavy atom. The van der Waals surface area contributed by atoms with Crippen molar-refractivity contribution in [2.24, 2.45) is 5.73 Å². The second-order valence-electron chi connectivity index (χ2n) is 4.46.